The summed E-state index contributed by atoms with van der Waals surface area (Å²) < 4.78 is 7.79. The highest BCUT2D eigenvalue weighted by Gasteiger charge is 2.12. The lowest BCUT2D eigenvalue weighted by Gasteiger charge is -2.11. The maximum Gasteiger partial charge on any atom is 0.261 e. The Hall–Kier alpha value is -1.89. The molecule has 0 unspecified atom stereocenters. The van der Waals surface area contributed by atoms with Crippen LogP contribution in [0.5, 0.6) is 5.75 Å². The molecule has 0 saturated heterocycles. The fourth-order valence-electron chi connectivity index (χ4n) is 2.27. The smallest absolute Gasteiger partial charge is 0.261 e. The topological polar surface area (TPSA) is 44.1 Å². The van der Waals surface area contributed by atoms with Crippen molar-refractivity contribution >= 4 is 33.5 Å². The van der Waals surface area contributed by atoms with Gasteiger partial charge in [0.1, 0.15) is 11.6 Å². The molecule has 21 heavy (non-hydrogen) atoms. The second kappa shape index (κ2) is 5.48. The van der Waals surface area contributed by atoms with Crippen molar-refractivity contribution in [2.75, 3.05) is 7.11 Å². The highest BCUT2D eigenvalue weighted by atomic mass is 127. The van der Waals surface area contributed by atoms with Gasteiger partial charge in [-0.3, -0.25) is 9.36 Å². The van der Waals surface area contributed by atoms with Gasteiger partial charge < -0.3 is 4.74 Å². The van der Waals surface area contributed by atoms with Crippen molar-refractivity contribution in [1.82, 2.24) is 9.55 Å². The zero-order valence-electron chi connectivity index (χ0n) is 11.6. The van der Waals surface area contributed by atoms with E-state index in [0.717, 1.165) is 14.9 Å². The lowest BCUT2D eigenvalue weighted by Crippen LogP contribution is -2.20. The largest absolute Gasteiger partial charge is 0.496 e. The second-order valence-corrected chi connectivity index (χ2v) is 5.83. The number of hydrogen-bond donors (Lipinski definition) is 0. The molecule has 3 rings (SSSR count). The Bertz CT molecular complexity index is 873. The fraction of sp³-hybridized carbons (Fsp3) is 0.125. The van der Waals surface area contributed by atoms with Crippen LogP contribution in [0.15, 0.2) is 47.3 Å². The first-order chi connectivity index (χ1) is 10.1. The Morgan fingerprint density at radius 3 is 2.57 bits per heavy atom. The van der Waals surface area contributed by atoms with Crippen molar-refractivity contribution in [3.63, 3.8) is 0 Å². The molecule has 0 aliphatic rings. The number of aromatic nitrogens is 2. The Morgan fingerprint density at radius 2 is 1.90 bits per heavy atom. The van der Waals surface area contributed by atoms with Crippen LogP contribution in [-0.2, 0) is 7.05 Å². The molecule has 0 spiro atoms. The van der Waals surface area contributed by atoms with E-state index in [-0.39, 0.29) is 5.56 Å². The fourth-order valence-corrected chi connectivity index (χ4v) is 2.96. The number of methoxy groups -OCH3 is 1. The van der Waals surface area contributed by atoms with Gasteiger partial charge >= 0.3 is 0 Å². The molecule has 1 aromatic heterocycles. The molecule has 0 atom stereocenters. The summed E-state index contributed by atoms with van der Waals surface area (Å²) >= 11 is 2.16. The Balaban J connectivity index is 2.36. The SMILES string of the molecule is COc1cc2nc(-c3ccccc3)n(C)c(=O)c2cc1I. The molecule has 2 aromatic carbocycles. The maximum atomic E-state index is 12.6. The predicted molar refractivity (Wildman–Crippen MR) is 91.7 cm³/mol. The van der Waals surface area contributed by atoms with Gasteiger partial charge in [0, 0.05) is 18.7 Å². The van der Waals surface area contributed by atoms with E-state index in [1.807, 2.05) is 42.5 Å². The minimum absolute atomic E-state index is 0.0561. The van der Waals surface area contributed by atoms with E-state index in [1.165, 1.54) is 0 Å². The average molecular weight is 392 g/mol. The third-order valence-electron chi connectivity index (χ3n) is 3.38. The molecule has 106 valence electrons. The summed E-state index contributed by atoms with van der Waals surface area (Å²) in [5, 5.41) is 0.599. The molecule has 0 aliphatic heterocycles. The van der Waals surface area contributed by atoms with Crippen molar-refractivity contribution in [1.29, 1.82) is 0 Å². The van der Waals surface area contributed by atoms with E-state index in [2.05, 4.69) is 27.6 Å². The van der Waals surface area contributed by atoms with Crippen molar-refractivity contribution in [3.8, 4) is 17.1 Å². The van der Waals surface area contributed by atoms with Crippen molar-refractivity contribution < 1.29 is 4.74 Å². The van der Waals surface area contributed by atoms with Crippen LogP contribution in [0.4, 0.5) is 0 Å². The van der Waals surface area contributed by atoms with Gasteiger partial charge in [-0.2, -0.15) is 0 Å². The number of halogens is 1. The highest BCUT2D eigenvalue weighted by molar-refractivity contribution is 14.1. The van der Waals surface area contributed by atoms with Crippen LogP contribution in [0.25, 0.3) is 22.3 Å². The molecule has 0 N–H and O–H groups in total. The third-order valence-corrected chi connectivity index (χ3v) is 4.22. The van der Waals surface area contributed by atoms with Crippen LogP contribution < -0.4 is 10.3 Å². The van der Waals surface area contributed by atoms with Crippen LogP contribution >= 0.6 is 22.6 Å². The molecule has 0 aliphatic carbocycles. The summed E-state index contributed by atoms with van der Waals surface area (Å²) in [6, 6.07) is 13.3. The van der Waals surface area contributed by atoms with Crippen LogP contribution in [0, 0.1) is 3.57 Å². The van der Waals surface area contributed by atoms with Gasteiger partial charge in [-0.05, 0) is 28.7 Å². The number of nitrogens with zero attached hydrogens (tertiary/aromatic N) is 2. The summed E-state index contributed by atoms with van der Waals surface area (Å²) in [6.45, 7) is 0. The van der Waals surface area contributed by atoms with Crippen LogP contribution in [0.1, 0.15) is 0 Å². The Kier molecular flexibility index (Phi) is 3.67. The molecular formula is C16H13IN2O2. The quantitative estimate of drug-likeness (QED) is 0.630. The standard InChI is InChI=1S/C16H13IN2O2/c1-19-15(10-6-4-3-5-7-10)18-13-9-14(21-2)12(17)8-11(13)16(19)20/h3-9H,1-2H3. The Labute approximate surface area is 135 Å². The second-order valence-electron chi connectivity index (χ2n) is 4.67. The first kappa shape index (κ1) is 14.1. The normalized spacial score (nSPS) is 10.8. The van der Waals surface area contributed by atoms with Gasteiger partial charge in [-0.1, -0.05) is 30.3 Å². The first-order valence-electron chi connectivity index (χ1n) is 6.41. The van der Waals surface area contributed by atoms with Gasteiger partial charge in [-0.15, -0.1) is 0 Å². The molecule has 0 saturated carbocycles. The molecule has 0 amide bonds. The molecule has 0 fully saturated rings. The molecular weight excluding hydrogens is 379 g/mol. The zero-order valence-corrected chi connectivity index (χ0v) is 13.8. The minimum atomic E-state index is -0.0561. The minimum Gasteiger partial charge on any atom is -0.496 e. The van der Waals surface area contributed by atoms with Crippen LogP contribution in [0.2, 0.25) is 0 Å². The summed E-state index contributed by atoms with van der Waals surface area (Å²) in [7, 11) is 3.36. The monoisotopic (exact) mass is 392 g/mol. The van der Waals surface area contributed by atoms with E-state index in [1.54, 1.807) is 18.7 Å². The molecule has 0 bridgehead atoms. The van der Waals surface area contributed by atoms with Crippen LogP contribution in [-0.4, -0.2) is 16.7 Å². The number of benzene rings is 2. The van der Waals surface area contributed by atoms with E-state index >= 15 is 0 Å². The van der Waals surface area contributed by atoms with E-state index in [4.69, 9.17) is 4.74 Å². The number of fused-ring (bicyclic) bond motifs is 1. The zero-order chi connectivity index (χ0) is 15.0. The molecule has 1 heterocycles. The lowest BCUT2D eigenvalue weighted by molar-refractivity contribution is 0.412. The molecule has 0 radical (unpaired) electrons. The van der Waals surface area contributed by atoms with Crippen molar-refractivity contribution in [2.45, 2.75) is 0 Å². The molecule has 5 heteroatoms. The third kappa shape index (κ3) is 2.42. The van der Waals surface area contributed by atoms with Crippen LogP contribution in [0.3, 0.4) is 0 Å². The summed E-state index contributed by atoms with van der Waals surface area (Å²) in [6.07, 6.45) is 0. The lowest BCUT2D eigenvalue weighted by atomic mass is 10.2. The van der Waals surface area contributed by atoms with Gasteiger partial charge in [-0.25, -0.2) is 4.98 Å². The summed E-state index contributed by atoms with van der Waals surface area (Å²) in [5.74, 6) is 1.37. The Morgan fingerprint density at radius 1 is 1.19 bits per heavy atom. The highest BCUT2D eigenvalue weighted by Crippen LogP contribution is 2.26. The van der Waals surface area contributed by atoms with Crippen molar-refractivity contribution in [3.05, 3.63) is 56.4 Å². The number of rotatable bonds is 2. The maximum absolute atomic E-state index is 12.6. The summed E-state index contributed by atoms with van der Waals surface area (Å²) in [4.78, 5) is 17.2. The average Bonchev–Trinajstić information content (AvgIpc) is 2.52. The first-order valence-corrected chi connectivity index (χ1v) is 7.49. The predicted octanol–water partition coefficient (Wildman–Crippen LogP) is 3.21. The van der Waals surface area contributed by atoms with E-state index in [9.17, 15) is 4.79 Å². The van der Waals surface area contributed by atoms with Gasteiger partial charge in [0.25, 0.3) is 5.56 Å². The van der Waals surface area contributed by atoms with Gasteiger partial charge in [0.2, 0.25) is 0 Å². The number of hydrogen-bond acceptors (Lipinski definition) is 3. The van der Waals surface area contributed by atoms with Gasteiger partial charge in [0.05, 0.1) is 21.6 Å². The molecule has 3 aromatic rings. The number of ether oxygens (including phenoxy) is 1. The van der Waals surface area contributed by atoms with E-state index in [0.29, 0.717) is 16.7 Å². The van der Waals surface area contributed by atoms with Gasteiger partial charge in [0.15, 0.2) is 0 Å². The van der Waals surface area contributed by atoms with E-state index < -0.39 is 0 Å². The summed E-state index contributed by atoms with van der Waals surface area (Å²) in [5.41, 5.74) is 1.50. The molecule has 4 nitrogen and oxygen atoms in total. The van der Waals surface area contributed by atoms with Crippen molar-refractivity contribution in [2.24, 2.45) is 7.05 Å².